The van der Waals surface area contributed by atoms with E-state index >= 15 is 0 Å². The Morgan fingerprint density at radius 2 is 0.986 bits per heavy atom. The summed E-state index contributed by atoms with van der Waals surface area (Å²) in [5.41, 5.74) is 0. The van der Waals surface area contributed by atoms with E-state index in [4.69, 9.17) is 18.9 Å². The van der Waals surface area contributed by atoms with Gasteiger partial charge in [0.25, 0.3) is 0 Å². The molecule has 14 heteroatoms. The van der Waals surface area contributed by atoms with Gasteiger partial charge in [0.2, 0.25) is 5.91 Å². The zero-order valence-electron chi connectivity index (χ0n) is 42.5. The summed E-state index contributed by atoms with van der Waals surface area (Å²) in [7, 11) is 0. The first-order chi connectivity index (χ1) is 34.1. The number of hydrogen-bond acceptors (Lipinski definition) is 13. The second-order valence-corrected chi connectivity index (χ2v) is 18.3. The lowest BCUT2D eigenvalue weighted by atomic mass is 9.97. The molecule has 2 saturated heterocycles. The zero-order chi connectivity index (χ0) is 51.0. The summed E-state index contributed by atoms with van der Waals surface area (Å²) in [6.07, 6.45) is 39.1. The number of carbonyl (C=O) groups excluding carboxylic acids is 1. The van der Waals surface area contributed by atoms with Crippen LogP contribution in [0.15, 0.2) is 97.2 Å². The van der Waals surface area contributed by atoms with E-state index in [1.807, 2.05) is 6.08 Å². The number of rotatable bonds is 39. The van der Waals surface area contributed by atoms with E-state index in [9.17, 15) is 45.6 Å². The Labute approximate surface area is 420 Å². The molecule has 12 atom stereocenters. The Morgan fingerprint density at radius 3 is 1.51 bits per heavy atom. The van der Waals surface area contributed by atoms with Gasteiger partial charge in [-0.2, -0.15) is 0 Å². The van der Waals surface area contributed by atoms with Crippen LogP contribution >= 0.6 is 0 Å². The summed E-state index contributed by atoms with van der Waals surface area (Å²) >= 11 is 0. The van der Waals surface area contributed by atoms with Crippen molar-refractivity contribution in [1.82, 2.24) is 5.32 Å². The van der Waals surface area contributed by atoms with E-state index < -0.39 is 86.8 Å². The van der Waals surface area contributed by atoms with Gasteiger partial charge in [-0.25, -0.2) is 0 Å². The molecule has 1 amide bonds. The molecule has 12 unspecified atom stereocenters. The molecule has 14 nitrogen and oxygen atoms in total. The van der Waals surface area contributed by atoms with Crippen molar-refractivity contribution in [3.63, 3.8) is 0 Å². The predicted molar refractivity (Wildman–Crippen MR) is 276 cm³/mol. The smallest absolute Gasteiger partial charge is 0.220 e. The van der Waals surface area contributed by atoms with Gasteiger partial charge in [-0.05, 0) is 77.0 Å². The fraction of sp³-hybridized carbons (Fsp3) is 0.696. The molecule has 2 aliphatic heterocycles. The average molecular weight is 988 g/mol. The van der Waals surface area contributed by atoms with Crippen LogP contribution in [0.25, 0.3) is 0 Å². The third-order valence-electron chi connectivity index (χ3n) is 12.3. The quantitative estimate of drug-likeness (QED) is 0.0215. The Balaban J connectivity index is 1.69. The number of ether oxygens (including phenoxy) is 4. The molecule has 9 N–H and O–H groups in total. The predicted octanol–water partition coefficient (Wildman–Crippen LogP) is 7.54. The van der Waals surface area contributed by atoms with E-state index in [0.717, 1.165) is 122 Å². The molecule has 0 radical (unpaired) electrons. The zero-order valence-corrected chi connectivity index (χ0v) is 42.5. The highest BCUT2D eigenvalue weighted by atomic mass is 16.7. The molecule has 2 heterocycles. The minimum atomic E-state index is -1.79. The van der Waals surface area contributed by atoms with Gasteiger partial charge >= 0.3 is 0 Å². The lowest BCUT2D eigenvalue weighted by molar-refractivity contribution is -0.359. The van der Waals surface area contributed by atoms with Gasteiger partial charge in [0.1, 0.15) is 48.8 Å². The van der Waals surface area contributed by atoms with E-state index in [2.05, 4.69) is 104 Å². The van der Waals surface area contributed by atoms with E-state index in [1.165, 1.54) is 6.42 Å². The maximum absolute atomic E-state index is 13.1. The lowest BCUT2D eigenvalue weighted by Gasteiger charge is -2.46. The molecule has 0 spiro atoms. The Morgan fingerprint density at radius 1 is 0.529 bits per heavy atom. The van der Waals surface area contributed by atoms with Crippen LogP contribution in [0.5, 0.6) is 0 Å². The molecular formula is C56H93NO13. The number of hydrogen-bond donors (Lipinski definition) is 9. The normalized spacial score (nSPS) is 26.8. The van der Waals surface area contributed by atoms with Crippen molar-refractivity contribution < 1.29 is 64.6 Å². The van der Waals surface area contributed by atoms with Gasteiger partial charge in [0.05, 0.1) is 32.0 Å². The van der Waals surface area contributed by atoms with Crippen LogP contribution in [0.2, 0.25) is 0 Å². The molecule has 2 aliphatic rings. The van der Waals surface area contributed by atoms with Crippen molar-refractivity contribution in [3.05, 3.63) is 97.2 Å². The fourth-order valence-corrected chi connectivity index (χ4v) is 7.97. The molecule has 2 fully saturated rings. The van der Waals surface area contributed by atoms with Crippen LogP contribution in [0.3, 0.4) is 0 Å². The SMILES string of the molecule is CC/C=C\C/C=C\C/C=C\C/C=C\C/C=C\C/C=C\C/C=C\CCCCCCCCCC(=O)NC(COC1OC(CO)C(OC2OC(CO)C(O)C(O)C2O)C(O)C1O)C(O)/C=C/CCCCCCC. The van der Waals surface area contributed by atoms with Crippen molar-refractivity contribution >= 4 is 5.91 Å². The van der Waals surface area contributed by atoms with Gasteiger partial charge in [0, 0.05) is 6.42 Å². The van der Waals surface area contributed by atoms with Crippen molar-refractivity contribution in [2.24, 2.45) is 0 Å². The summed E-state index contributed by atoms with van der Waals surface area (Å²) in [4.78, 5) is 13.1. The highest BCUT2D eigenvalue weighted by Crippen LogP contribution is 2.30. The van der Waals surface area contributed by atoms with E-state index in [1.54, 1.807) is 6.08 Å². The first kappa shape index (κ1) is 63.0. The van der Waals surface area contributed by atoms with E-state index in [0.29, 0.717) is 6.42 Å². The average Bonchev–Trinajstić information content (AvgIpc) is 3.36. The number of aliphatic hydroxyl groups excluding tert-OH is 8. The molecule has 0 saturated carbocycles. The third-order valence-corrected chi connectivity index (χ3v) is 12.3. The summed E-state index contributed by atoms with van der Waals surface area (Å²) in [5, 5.41) is 86.4. The molecule has 0 aromatic rings. The molecule has 400 valence electrons. The van der Waals surface area contributed by atoms with Crippen LogP contribution in [0.1, 0.15) is 155 Å². The second-order valence-electron chi connectivity index (χ2n) is 18.3. The van der Waals surface area contributed by atoms with Gasteiger partial charge in [-0.15, -0.1) is 0 Å². The fourth-order valence-electron chi connectivity index (χ4n) is 7.97. The largest absolute Gasteiger partial charge is 0.394 e. The first-order valence-corrected chi connectivity index (χ1v) is 26.5. The molecule has 0 aliphatic carbocycles. The van der Waals surface area contributed by atoms with Gasteiger partial charge in [-0.3, -0.25) is 4.79 Å². The van der Waals surface area contributed by atoms with Crippen LogP contribution in [-0.2, 0) is 23.7 Å². The Bertz CT molecular complexity index is 1540. The summed E-state index contributed by atoms with van der Waals surface area (Å²) in [6, 6.07) is -0.924. The Kier molecular flexibility index (Phi) is 37.3. The van der Waals surface area contributed by atoms with Crippen molar-refractivity contribution in [2.75, 3.05) is 19.8 Å². The van der Waals surface area contributed by atoms with Crippen molar-refractivity contribution in [3.8, 4) is 0 Å². The molecular weight excluding hydrogens is 895 g/mol. The number of unbranched alkanes of at least 4 members (excludes halogenated alkanes) is 12. The molecule has 0 aromatic carbocycles. The highest BCUT2D eigenvalue weighted by molar-refractivity contribution is 5.76. The van der Waals surface area contributed by atoms with Gasteiger partial charge in [0.15, 0.2) is 12.6 Å². The van der Waals surface area contributed by atoms with Crippen LogP contribution in [0, 0.1) is 0 Å². The summed E-state index contributed by atoms with van der Waals surface area (Å²) < 4.78 is 22.6. The highest BCUT2D eigenvalue weighted by Gasteiger charge is 2.51. The van der Waals surface area contributed by atoms with Crippen LogP contribution in [-0.4, -0.2) is 140 Å². The lowest BCUT2D eigenvalue weighted by Crippen LogP contribution is -2.65. The maximum Gasteiger partial charge on any atom is 0.220 e. The number of aliphatic hydroxyl groups is 8. The Hall–Kier alpha value is -3.09. The summed E-state index contributed by atoms with van der Waals surface area (Å²) in [6.45, 7) is 2.57. The van der Waals surface area contributed by atoms with Crippen molar-refractivity contribution in [2.45, 2.75) is 229 Å². The number of allylic oxidation sites excluding steroid dienone is 15. The van der Waals surface area contributed by atoms with Gasteiger partial charge < -0.3 is 65.1 Å². The number of amides is 1. The maximum atomic E-state index is 13.1. The molecule has 0 bridgehead atoms. The van der Waals surface area contributed by atoms with Crippen molar-refractivity contribution in [1.29, 1.82) is 0 Å². The minimum Gasteiger partial charge on any atom is -0.394 e. The van der Waals surface area contributed by atoms with Crippen LogP contribution in [0.4, 0.5) is 0 Å². The van der Waals surface area contributed by atoms with E-state index in [-0.39, 0.29) is 18.9 Å². The third kappa shape index (κ3) is 27.7. The minimum absolute atomic E-state index is 0.261. The molecule has 0 aromatic heterocycles. The van der Waals surface area contributed by atoms with Crippen LogP contribution < -0.4 is 5.32 Å². The standard InChI is InChI=1S/C56H93NO13/c1-3-5-7-9-11-12-13-14-15-16-17-18-19-20-21-22-23-24-25-26-27-28-29-30-31-32-34-36-38-40-48(61)57-44(45(60)39-37-35-33-10-8-6-4-2)43-67-55-53(66)51(64)54(47(42-59)69-55)70-56-52(65)50(63)49(62)46(41-58)68-56/h5,7,11-12,14-15,17-18,20-21,23-24,26-27,37,39,44-47,49-56,58-60,62-66H,3-4,6,8-10,13,16,19,22,25,28-36,38,40-43H2,1-2H3,(H,57,61)/b7-5-,12-11-,15-14-,18-17-,21-20-,24-23-,27-26-,39-37+. The first-order valence-electron chi connectivity index (χ1n) is 26.5. The molecule has 70 heavy (non-hydrogen) atoms. The topological polar surface area (TPSA) is 228 Å². The second kappa shape index (κ2) is 41.4. The number of carbonyl (C=O) groups is 1. The van der Waals surface area contributed by atoms with Gasteiger partial charge in [-0.1, -0.05) is 169 Å². The monoisotopic (exact) mass is 988 g/mol. The number of nitrogens with one attached hydrogen (secondary N) is 1. The molecule has 2 rings (SSSR count). The summed E-state index contributed by atoms with van der Waals surface area (Å²) in [5.74, 6) is -0.261.